The Balaban J connectivity index is 3.01. The van der Waals surface area contributed by atoms with Crippen LogP contribution in [0.4, 0.5) is 0 Å². The van der Waals surface area contributed by atoms with E-state index in [1.165, 1.54) is 0 Å². The van der Waals surface area contributed by atoms with Gasteiger partial charge in [0, 0.05) is 19.3 Å². The summed E-state index contributed by atoms with van der Waals surface area (Å²) >= 11 is 0. The summed E-state index contributed by atoms with van der Waals surface area (Å²) in [5, 5.41) is 3.52. The zero-order valence-corrected chi connectivity index (χ0v) is 13.9. The van der Waals surface area contributed by atoms with E-state index in [0.29, 0.717) is 19.8 Å². The van der Waals surface area contributed by atoms with Crippen molar-refractivity contribution in [2.24, 2.45) is 0 Å². The van der Waals surface area contributed by atoms with Gasteiger partial charge in [0.2, 0.25) is 0 Å². The van der Waals surface area contributed by atoms with Crippen LogP contribution in [0.15, 0.2) is 24.3 Å². The Hall–Kier alpha value is -1.10. The van der Waals surface area contributed by atoms with Crippen molar-refractivity contribution in [2.45, 2.75) is 39.3 Å². The SMILES string of the molecule is CCNC(c1ccccc1OCCOC)C(C)(C)OCC. The highest BCUT2D eigenvalue weighted by molar-refractivity contribution is 5.37. The van der Waals surface area contributed by atoms with Crippen LogP contribution >= 0.6 is 0 Å². The average Bonchev–Trinajstić information content (AvgIpc) is 2.45. The van der Waals surface area contributed by atoms with Crippen molar-refractivity contribution in [1.82, 2.24) is 5.32 Å². The monoisotopic (exact) mass is 295 g/mol. The highest BCUT2D eigenvalue weighted by Crippen LogP contribution is 2.34. The Morgan fingerprint density at radius 1 is 1.14 bits per heavy atom. The van der Waals surface area contributed by atoms with Gasteiger partial charge in [0.1, 0.15) is 12.4 Å². The van der Waals surface area contributed by atoms with Crippen molar-refractivity contribution in [3.8, 4) is 5.75 Å². The van der Waals surface area contributed by atoms with Gasteiger partial charge in [-0.05, 0) is 33.4 Å². The molecule has 0 aromatic heterocycles. The third kappa shape index (κ3) is 5.30. The minimum absolute atomic E-state index is 0.0706. The summed E-state index contributed by atoms with van der Waals surface area (Å²) in [6.45, 7) is 11.0. The molecule has 1 aromatic carbocycles. The van der Waals surface area contributed by atoms with Gasteiger partial charge in [0.05, 0.1) is 18.2 Å². The predicted octanol–water partition coefficient (Wildman–Crippen LogP) is 3.18. The molecule has 1 atom stereocenters. The smallest absolute Gasteiger partial charge is 0.124 e. The average molecular weight is 295 g/mol. The summed E-state index contributed by atoms with van der Waals surface area (Å²) in [4.78, 5) is 0. The molecule has 0 saturated heterocycles. The molecule has 1 unspecified atom stereocenters. The van der Waals surface area contributed by atoms with Crippen LogP contribution in [0.3, 0.4) is 0 Å². The molecule has 4 heteroatoms. The molecule has 0 spiro atoms. The van der Waals surface area contributed by atoms with Gasteiger partial charge in [-0.25, -0.2) is 0 Å². The van der Waals surface area contributed by atoms with Crippen molar-refractivity contribution in [2.75, 3.05) is 33.5 Å². The number of hydrogen-bond donors (Lipinski definition) is 1. The second-order valence-corrected chi connectivity index (χ2v) is 5.41. The molecular formula is C17H29NO3. The van der Waals surface area contributed by atoms with E-state index >= 15 is 0 Å². The number of para-hydroxylation sites is 1. The third-order valence-corrected chi connectivity index (χ3v) is 3.39. The van der Waals surface area contributed by atoms with Crippen molar-refractivity contribution in [3.05, 3.63) is 29.8 Å². The van der Waals surface area contributed by atoms with E-state index in [9.17, 15) is 0 Å². The van der Waals surface area contributed by atoms with E-state index in [1.54, 1.807) is 7.11 Å². The van der Waals surface area contributed by atoms with Crippen molar-refractivity contribution in [1.29, 1.82) is 0 Å². The fourth-order valence-corrected chi connectivity index (χ4v) is 2.48. The zero-order valence-electron chi connectivity index (χ0n) is 13.9. The molecule has 0 heterocycles. The second kappa shape index (κ2) is 9.03. The maximum atomic E-state index is 5.94. The van der Waals surface area contributed by atoms with Crippen LogP contribution in [0.5, 0.6) is 5.75 Å². The predicted molar refractivity (Wildman–Crippen MR) is 85.9 cm³/mol. The fraction of sp³-hybridized carbons (Fsp3) is 0.647. The first-order chi connectivity index (χ1) is 10.1. The number of hydrogen-bond acceptors (Lipinski definition) is 4. The van der Waals surface area contributed by atoms with Crippen molar-refractivity contribution in [3.63, 3.8) is 0 Å². The Bertz CT molecular complexity index is 407. The quantitative estimate of drug-likeness (QED) is 0.673. The van der Waals surface area contributed by atoms with Crippen LogP contribution in [-0.4, -0.2) is 39.1 Å². The van der Waals surface area contributed by atoms with Gasteiger partial charge in [-0.1, -0.05) is 25.1 Å². The van der Waals surface area contributed by atoms with Gasteiger partial charge in [-0.15, -0.1) is 0 Å². The Morgan fingerprint density at radius 2 is 1.86 bits per heavy atom. The minimum Gasteiger partial charge on any atom is -0.491 e. The molecule has 120 valence electrons. The van der Waals surface area contributed by atoms with Gasteiger partial charge < -0.3 is 19.5 Å². The van der Waals surface area contributed by atoms with Crippen molar-refractivity contribution >= 4 is 0 Å². The summed E-state index contributed by atoms with van der Waals surface area (Å²) < 4.78 is 16.8. The van der Waals surface area contributed by atoms with Gasteiger partial charge in [0.15, 0.2) is 0 Å². The molecule has 0 radical (unpaired) electrons. The largest absolute Gasteiger partial charge is 0.491 e. The van der Waals surface area contributed by atoms with E-state index in [0.717, 1.165) is 17.9 Å². The van der Waals surface area contributed by atoms with E-state index in [2.05, 4.69) is 32.2 Å². The molecule has 0 aliphatic carbocycles. The normalized spacial score (nSPS) is 13.2. The first kappa shape index (κ1) is 18.0. The van der Waals surface area contributed by atoms with Crippen LogP contribution in [0.25, 0.3) is 0 Å². The third-order valence-electron chi connectivity index (χ3n) is 3.39. The van der Waals surface area contributed by atoms with Gasteiger partial charge in [0.25, 0.3) is 0 Å². The lowest BCUT2D eigenvalue weighted by Crippen LogP contribution is -2.41. The molecule has 21 heavy (non-hydrogen) atoms. The van der Waals surface area contributed by atoms with Crippen LogP contribution in [0.1, 0.15) is 39.3 Å². The molecule has 0 amide bonds. The van der Waals surface area contributed by atoms with Crippen LogP contribution in [-0.2, 0) is 9.47 Å². The maximum Gasteiger partial charge on any atom is 0.124 e. The van der Waals surface area contributed by atoms with Crippen molar-refractivity contribution < 1.29 is 14.2 Å². The lowest BCUT2D eigenvalue weighted by atomic mass is 9.90. The molecule has 0 saturated carbocycles. The molecule has 1 aromatic rings. The van der Waals surface area contributed by atoms with Crippen LogP contribution < -0.4 is 10.1 Å². The summed E-state index contributed by atoms with van der Waals surface area (Å²) in [5.74, 6) is 0.883. The minimum atomic E-state index is -0.314. The fourth-order valence-electron chi connectivity index (χ4n) is 2.48. The number of methoxy groups -OCH3 is 1. The Kier molecular flexibility index (Phi) is 7.72. The lowest BCUT2D eigenvalue weighted by Gasteiger charge is -2.35. The summed E-state index contributed by atoms with van der Waals surface area (Å²) in [6, 6.07) is 8.18. The molecule has 1 N–H and O–H groups in total. The van der Waals surface area contributed by atoms with E-state index in [4.69, 9.17) is 14.2 Å². The van der Waals surface area contributed by atoms with Gasteiger partial charge in [-0.2, -0.15) is 0 Å². The molecule has 0 aliphatic rings. The highest BCUT2D eigenvalue weighted by Gasteiger charge is 2.32. The van der Waals surface area contributed by atoms with E-state index < -0.39 is 0 Å². The first-order valence-corrected chi connectivity index (χ1v) is 7.64. The van der Waals surface area contributed by atoms with Crippen LogP contribution in [0, 0.1) is 0 Å². The topological polar surface area (TPSA) is 39.7 Å². The molecule has 0 aliphatic heterocycles. The number of rotatable bonds is 10. The first-order valence-electron chi connectivity index (χ1n) is 7.64. The van der Waals surface area contributed by atoms with Gasteiger partial charge in [-0.3, -0.25) is 0 Å². The summed E-state index contributed by atoms with van der Waals surface area (Å²) in [7, 11) is 1.68. The van der Waals surface area contributed by atoms with E-state index in [-0.39, 0.29) is 11.6 Å². The Labute approximate surface area is 128 Å². The number of ether oxygens (including phenoxy) is 3. The lowest BCUT2D eigenvalue weighted by molar-refractivity contribution is -0.0394. The standard InChI is InChI=1S/C17H29NO3/c1-6-18-16(17(3,4)21-7-2)14-10-8-9-11-15(14)20-13-12-19-5/h8-11,16,18H,6-7,12-13H2,1-5H3. The summed E-state index contributed by atoms with van der Waals surface area (Å²) in [6.07, 6.45) is 0. The Morgan fingerprint density at radius 3 is 2.48 bits per heavy atom. The van der Waals surface area contributed by atoms with E-state index in [1.807, 2.05) is 25.1 Å². The highest BCUT2D eigenvalue weighted by atomic mass is 16.5. The maximum absolute atomic E-state index is 5.94. The van der Waals surface area contributed by atoms with Crippen LogP contribution in [0.2, 0.25) is 0 Å². The number of likely N-dealkylation sites (N-methyl/N-ethyl adjacent to an activating group) is 1. The van der Waals surface area contributed by atoms with Gasteiger partial charge >= 0.3 is 0 Å². The zero-order chi connectivity index (χ0) is 15.7. The number of nitrogens with one attached hydrogen (secondary N) is 1. The second-order valence-electron chi connectivity index (χ2n) is 5.41. The molecule has 1 rings (SSSR count). The summed E-state index contributed by atoms with van der Waals surface area (Å²) in [5.41, 5.74) is 0.805. The molecule has 0 bridgehead atoms. The molecule has 4 nitrogen and oxygen atoms in total. The molecule has 0 fully saturated rings. The molecular weight excluding hydrogens is 266 g/mol. The number of benzene rings is 1.